The number of hydrogen-bond donors (Lipinski definition) is 0. The number of likely N-dealkylation sites (tertiary alicyclic amines) is 1. The van der Waals surface area contributed by atoms with Crippen molar-refractivity contribution in [3.05, 3.63) is 64.6 Å². The minimum atomic E-state index is -0.249. The lowest BCUT2D eigenvalue weighted by molar-refractivity contribution is -0.131. The molecule has 2 aromatic heterocycles. The topological polar surface area (TPSA) is 59.7 Å². The number of benzene rings is 1. The van der Waals surface area contributed by atoms with Crippen LogP contribution in [-0.4, -0.2) is 89.5 Å². The Morgan fingerprint density at radius 3 is 2.51 bits per heavy atom. The van der Waals surface area contributed by atoms with Crippen LogP contribution in [-0.2, 0) is 11.2 Å². The van der Waals surface area contributed by atoms with Gasteiger partial charge in [0.25, 0.3) is 0 Å². The number of carbonyl (C=O) groups is 1. The number of aryl methyl sites for hydroxylation is 2. The predicted molar refractivity (Wildman–Crippen MR) is 166 cm³/mol. The maximum absolute atomic E-state index is 13.5. The fraction of sp³-hybridized carbons (Fsp3) is 0.452. The summed E-state index contributed by atoms with van der Waals surface area (Å²) in [6.45, 7) is 10.1. The zero-order valence-electron chi connectivity index (χ0n) is 24.1. The minimum absolute atomic E-state index is 0.249. The molecule has 10 heteroatoms. The van der Waals surface area contributed by atoms with Gasteiger partial charge in [-0.1, -0.05) is 6.92 Å². The molecule has 3 aliphatic heterocycles. The van der Waals surface area contributed by atoms with Gasteiger partial charge < -0.3 is 14.7 Å². The van der Waals surface area contributed by atoms with Gasteiger partial charge in [0.15, 0.2) is 0 Å². The van der Waals surface area contributed by atoms with Crippen LogP contribution in [0.1, 0.15) is 36.6 Å². The SMILES string of the molecule is CCc1nc2c(C)cc(N3CCN(CC(=O)N4CCCC4)CC3)cn2c1N(C)C1=NC(c2ccc(F)cc2)=CSC1. The normalized spacial score (nSPS) is 18.1. The van der Waals surface area contributed by atoms with Crippen LogP contribution in [0.25, 0.3) is 11.3 Å². The molecule has 5 heterocycles. The summed E-state index contributed by atoms with van der Waals surface area (Å²) in [5.74, 6) is 2.73. The summed E-state index contributed by atoms with van der Waals surface area (Å²) in [6.07, 6.45) is 5.27. The van der Waals surface area contributed by atoms with Crippen molar-refractivity contribution in [2.75, 3.05) is 68.4 Å². The van der Waals surface area contributed by atoms with E-state index in [1.807, 2.05) is 10.3 Å². The molecule has 0 bridgehead atoms. The first kappa shape index (κ1) is 27.8. The predicted octanol–water partition coefficient (Wildman–Crippen LogP) is 4.67. The number of imidazole rings is 1. The number of amides is 1. The number of piperazine rings is 1. The van der Waals surface area contributed by atoms with E-state index in [2.05, 4.69) is 52.3 Å². The number of nitrogens with zero attached hydrogens (tertiary/aromatic N) is 7. The van der Waals surface area contributed by atoms with E-state index < -0.39 is 0 Å². The second-order valence-electron chi connectivity index (χ2n) is 11.1. The molecule has 0 saturated carbocycles. The van der Waals surface area contributed by atoms with Crippen LogP contribution < -0.4 is 9.80 Å². The zero-order valence-corrected chi connectivity index (χ0v) is 25.0. The van der Waals surface area contributed by atoms with Gasteiger partial charge in [0, 0.05) is 58.1 Å². The molecule has 3 aliphatic rings. The quantitative estimate of drug-likeness (QED) is 0.426. The Bertz CT molecular complexity index is 1480. The largest absolute Gasteiger partial charge is 0.368 e. The molecule has 1 amide bonds. The lowest BCUT2D eigenvalue weighted by Gasteiger charge is -2.36. The molecule has 0 spiro atoms. The molecule has 0 radical (unpaired) electrons. The minimum Gasteiger partial charge on any atom is -0.368 e. The monoisotopic (exact) mass is 575 g/mol. The van der Waals surface area contributed by atoms with Crippen LogP contribution in [0.4, 0.5) is 15.9 Å². The summed E-state index contributed by atoms with van der Waals surface area (Å²) in [4.78, 5) is 31.6. The highest BCUT2D eigenvalue weighted by atomic mass is 32.2. The van der Waals surface area contributed by atoms with Crippen molar-refractivity contribution in [2.45, 2.75) is 33.1 Å². The number of fused-ring (bicyclic) bond motifs is 1. The average Bonchev–Trinajstić information content (AvgIpc) is 3.67. The highest BCUT2D eigenvalue weighted by Crippen LogP contribution is 2.32. The van der Waals surface area contributed by atoms with Gasteiger partial charge in [-0.3, -0.25) is 14.1 Å². The van der Waals surface area contributed by atoms with Gasteiger partial charge in [-0.2, -0.15) is 0 Å². The van der Waals surface area contributed by atoms with Crippen LogP contribution in [0, 0.1) is 12.7 Å². The molecular weight excluding hydrogens is 537 g/mol. The van der Waals surface area contributed by atoms with Crippen LogP contribution in [0.2, 0.25) is 0 Å². The molecule has 0 N–H and O–H groups in total. The van der Waals surface area contributed by atoms with Crippen molar-refractivity contribution in [3.63, 3.8) is 0 Å². The lowest BCUT2D eigenvalue weighted by atomic mass is 10.2. The van der Waals surface area contributed by atoms with Crippen molar-refractivity contribution in [2.24, 2.45) is 4.99 Å². The fourth-order valence-electron chi connectivity index (χ4n) is 5.95. The van der Waals surface area contributed by atoms with Gasteiger partial charge >= 0.3 is 0 Å². The second kappa shape index (κ2) is 11.9. The van der Waals surface area contributed by atoms with E-state index in [1.54, 1.807) is 23.9 Å². The number of carbonyl (C=O) groups excluding carboxylic acids is 1. The molecule has 8 nitrogen and oxygen atoms in total. The van der Waals surface area contributed by atoms with Gasteiger partial charge in [0.2, 0.25) is 5.91 Å². The van der Waals surface area contributed by atoms with E-state index in [0.717, 1.165) is 104 Å². The highest BCUT2D eigenvalue weighted by molar-refractivity contribution is 8.03. The Hall–Kier alpha value is -3.37. The Morgan fingerprint density at radius 1 is 1.07 bits per heavy atom. The number of thioether (sulfide) groups is 1. The number of aromatic nitrogens is 2. The molecule has 0 atom stereocenters. The summed E-state index contributed by atoms with van der Waals surface area (Å²) >= 11 is 1.70. The maximum Gasteiger partial charge on any atom is 0.236 e. The third-order valence-corrected chi connectivity index (χ3v) is 9.14. The number of anilines is 2. The van der Waals surface area contributed by atoms with E-state index in [1.165, 1.54) is 17.8 Å². The zero-order chi connectivity index (χ0) is 28.5. The van der Waals surface area contributed by atoms with Crippen LogP contribution in [0.15, 0.2) is 46.9 Å². The Kier molecular flexibility index (Phi) is 8.03. The number of halogens is 1. The first-order valence-electron chi connectivity index (χ1n) is 14.6. The van der Waals surface area contributed by atoms with Gasteiger partial charge in [0.1, 0.15) is 23.1 Å². The van der Waals surface area contributed by atoms with E-state index in [-0.39, 0.29) is 11.7 Å². The molecule has 2 saturated heterocycles. The van der Waals surface area contributed by atoms with Gasteiger partial charge in [0.05, 0.1) is 29.4 Å². The molecule has 3 aromatic rings. The second-order valence-corrected chi connectivity index (χ2v) is 11.9. The number of amidine groups is 1. The summed E-state index contributed by atoms with van der Waals surface area (Å²) in [7, 11) is 2.06. The molecular formula is C31H38FN7OS. The summed E-state index contributed by atoms with van der Waals surface area (Å²) < 4.78 is 15.7. The Labute approximate surface area is 245 Å². The average molecular weight is 576 g/mol. The van der Waals surface area contributed by atoms with Crippen molar-refractivity contribution in [3.8, 4) is 0 Å². The molecule has 6 rings (SSSR count). The van der Waals surface area contributed by atoms with Crippen LogP contribution in [0.5, 0.6) is 0 Å². The first-order valence-corrected chi connectivity index (χ1v) is 15.6. The summed E-state index contributed by atoms with van der Waals surface area (Å²) in [5, 5.41) is 2.04. The number of rotatable bonds is 6. The number of aliphatic imine (C=N–C) groups is 1. The van der Waals surface area contributed by atoms with Gasteiger partial charge in [-0.15, -0.1) is 11.8 Å². The molecule has 41 heavy (non-hydrogen) atoms. The van der Waals surface area contributed by atoms with E-state index in [9.17, 15) is 9.18 Å². The molecule has 1 aromatic carbocycles. The summed E-state index contributed by atoms with van der Waals surface area (Å²) in [5.41, 5.74) is 6.03. The molecule has 2 fully saturated rings. The van der Waals surface area contributed by atoms with E-state index >= 15 is 0 Å². The lowest BCUT2D eigenvalue weighted by Crippen LogP contribution is -2.50. The number of hydrogen-bond acceptors (Lipinski definition) is 7. The molecule has 216 valence electrons. The van der Waals surface area contributed by atoms with Gasteiger partial charge in [-0.25, -0.2) is 14.4 Å². The smallest absolute Gasteiger partial charge is 0.236 e. The highest BCUT2D eigenvalue weighted by Gasteiger charge is 2.26. The molecule has 0 aliphatic carbocycles. The standard InChI is InChI=1S/C31H38FN7OS/c1-4-26-31(35(3)28-21-41-20-27(33-28)23-7-9-24(32)10-8-23)39-18-25(17-22(2)30(39)34-26)37-15-13-36(14-16-37)19-29(40)38-11-5-6-12-38/h7-10,17-18,20H,4-6,11-16,19,21H2,1-3H3. The first-order chi connectivity index (χ1) is 19.9. The van der Waals surface area contributed by atoms with Crippen molar-refractivity contribution in [1.82, 2.24) is 19.2 Å². The van der Waals surface area contributed by atoms with E-state index in [4.69, 9.17) is 9.98 Å². The fourth-order valence-corrected chi connectivity index (χ4v) is 6.79. The van der Waals surface area contributed by atoms with Gasteiger partial charge in [-0.05, 0) is 67.5 Å². The van der Waals surface area contributed by atoms with Crippen molar-refractivity contribution < 1.29 is 9.18 Å². The van der Waals surface area contributed by atoms with Crippen molar-refractivity contribution in [1.29, 1.82) is 0 Å². The third kappa shape index (κ3) is 5.72. The van der Waals surface area contributed by atoms with Crippen LogP contribution >= 0.6 is 11.8 Å². The van der Waals surface area contributed by atoms with Crippen molar-refractivity contribution >= 4 is 46.4 Å². The van der Waals surface area contributed by atoms with Crippen LogP contribution in [0.3, 0.4) is 0 Å². The summed E-state index contributed by atoms with van der Waals surface area (Å²) in [6, 6.07) is 8.74. The number of pyridine rings is 1. The third-order valence-electron chi connectivity index (χ3n) is 8.33. The Morgan fingerprint density at radius 2 is 1.80 bits per heavy atom. The van der Waals surface area contributed by atoms with E-state index in [0.29, 0.717) is 6.54 Å². The Balaban J connectivity index is 1.24. The molecule has 0 unspecified atom stereocenters. The maximum atomic E-state index is 13.5.